The minimum atomic E-state index is -1.28. The lowest BCUT2D eigenvalue weighted by Crippen LogP contribution is -2.10. The number of hydrogen-bond donors (Lipinski definition) is 1. The predicted octanol–water partition coefficient (Wildman–Crippen LogP) is 3.76. The number of carbonyl (C=O) groups is 1. The number of methoxy groups -OCH3 is 1. The number of benzene rings is 2. The zero-order valence-electron chi connectivity index (χ0n) is 15.5. The van der Waals surface area contributed by atoms with Crippen LogP contribution in [0.2, 0.25) is 0 Å². The standard InChI is InChI=1S/C21H21NO5/c1-14-4-5-15(2)19(10-14)27-9-8-26-18-7-6-16(12-20(18)25-3)11-17(13-22)21(23)24/h4-7,10-12H,8-9H2,1-3H3,(H,23,24). The third-order valence-electron chi connectivity index (χ3n) is 3.79. The van der Waals surface area contributed by atoms with Gasteiger partial charge in [-0.2, -0.15) is 5.26 Å². The van der Waals surface area contributed by atoms with E-state index in [4.69, 9.17) is 24.6 Å². The fourth-order valence-electron chi connectivity index (χ4n) is 2.37. The summed E-state index contributed by atoms with van der Waals surface area (Å²) < 4.78 is 16.7. The summed E-state index contributed by atoms with van der Waals surface area (Å²) in [5.41, 5.74) is 2.36. The monoisotopic (exact) mass is 367 g/mol. The molecule has 6 heteroatoms. The van der Waals surface area contributed by atoms with Crippen LogP contribution in [0, 0.1) is 25.2 Å². The Labute approximate surface area is 158 Å². The average Bonchev–Trinajstić information content (AvgIpc) is 2.66. The van der Waals surface area contributed by atoms with E-state index in [1.807, 2.05) is 32.0 Å². The van der Waals surface area contributed by atoms with Gasteiger partial charge in [-0.05, 0) is 54.8 Å². The van der Waals surface area contributed by atoms with Crippen molar-refractivity contribution in [2.75, 3.05) is 20.3 Å². The lowest BCUT2D eigenvalue weighted by Gasteiger charge is -2.13. The molecule has 0 heterocycles. The maximum atomic E-state index is 10.9. The molecule has 0 saturated carbocycles. The predicted molar refractivity (Wildman–Crippen MR) is 101 cm³/mol. The topological polar surface area (TPSA) is 88.8 Å². The van der Waals surface area contributed by atoms with Crippen molar-refractivity contribution in [2.45, 2.75) is 13.8 Å². The number of nitrogens with zero attached hydrogens (tertiary/aromatic N) is 1. The maximum absolute atomic E-state index is 10.9. The Balaban J connectivity index is 2.01. The molecule has 2 rings (SSSR count). The quantitative estimate of drug-likeness (QED) is 0.434. The van der Waals surface area contributed by atoms with Crippen LogP contribution < -0.4 is 14.2 Å². The van der Waals surface area contributed by atoms with Gasteiger partial charge in [-0.1, -0.05) is 18.2 Å². The highest BCUT2D eigenvalue weighted by molar-refractivity contribution is 5.96. The SMILES string of the molecule is COc1cc(C=C(C#N)C(=O)O)ccc1OCCOc1cc(C)ccc1C. The molecule has 0 radical (unpaired) electrons. The zero-order valence-corrected chi connectivity index (χ0v) is 15.5. The molecule has 0 amide bonds. The van der Waals surface area contributed by atoms with Crippen LogP contribution in [0.5, 0.6) is 17.2 Å². The van der Waals surface area contributed by atoms with Crippen LogP contribution in [0.4, 0.5) is 0 Å². The largest absolute Gasteiger partial charge is 0.493 e. The van der Waals surface area contributed by atoms with Gasteiger partial charge in [0.15, 0.2) is 11.5 Å². The van der Waals surface area contributed by atoms with Crippen molar-refractivity contribution >= 4 is 12.0 Å². The summed E-state index contributed by atoms with van der Waals surface area (Å²) in [6.07, 6.45) is 1.28. The third kappa shape index (κ3) is 5.51. The van der Waals surface area contributed by atoms with Crippen LogP contribution >= 0.6 is 0 Å². The van der Waals surface area contributed by atoms with Crippen LogP contribution in [-0.4, -0.2) is 31.4 Å². The number of carboxylic acid groups (broad SMARTS) is 1. The highest BCUT2D eigenvalue weighted by atomic mass is 16.5. The smallest absolute Gasteiger partial charge is 0.346 e. The van der Waals surface area contributed by atoms with Crippen molar-refractivity contribution in [3.63, 3.8) is 0 Å². The molecule has 140 valence electrons. The minimum absolute atomic E-state index is 0.317. The van der Waals surface area contributed by atoms with Gasteiger partial charge in [0.05, 0.1) is 7.11 Å². The average molecular weight is 367 g/mol. The van der Waals surface area contributed by atoms with Crippen LogP contribution in [0.3, 0.4) is 0 Å². The van der Waals surface area contributed by atoms with E-state index in [0.29, 0.717) is 30.3 Å². The summed E-state index contributed by atoms with van der Waals surface area (Å²) >= 11 is 0. The van der Waals surface area contributed by atoms with E-state index in [1.54, 1.807) is 24.3 Å². The molecule has 2 aromatic rings. The van der Waals surface area contributed by atoms with E-state index in [-0.39, 0.29) is 5.57 Å². The van der Waals surface area contributed by atoms with E-state index in [9.17, 15) is 4.79 Å². The van der Waals surface area contributed by atoms with Gasteiger partial charge >= 0.3 is 5.97 Å². The first-order valence-corrected chi connectivity index (χ1v) is 8.30. The van der Waals surface area contributed by atoms with Crippen LogP contribution in [-0.2, 0) is 4.79 Å². The fraction of sp³-hybridized carbons (Fsp3) is 0.238. The Morgan fingerprint density at radius 1 is 1.07 bits per heavy atom. The van der Waals surface area contributed by atoms with Gasteiger partial charge in [0, 0.05) is 0 Å². The normalized spacial score (nSPS) is 10.8. The minimum Gasteiger partial charge on any atom is -0.493 e. The first-order valence-electron chi connectivity index (χ1n) is 8.30. The van der Waals surface area contributed by atoms with Crippen LogP contribution in [0.15, 0.2) is 42.0 Å². The summed E-state index contributed by atoms with van der Waals surface area (Å²) in [6.45, 7) is 4.67. The summed E-state index contributed by atoms with van der Waals surface area (Å²) in [6, 6.07) is 12.6. The number of aliphatic carboxylic acids is 1. The lowest BCUT2D eigenvalue weighted by atomic mass is 10.1. The highest BCUT2D eigenvalue weighted by Crippen LogP contribution is 2.29. The van der Waals surface area contributed by atoms with Gasteiger partial charge in [0.25, 0.3) is 0 Å². The van der Waals surface area contributed by atoms with E-state index in [1.165, 1.54) is 13.2 Å². The molecule has 0 aliphatic heterocycles. The third-order valence-corrected chi connectivity index (χ3v) is 3.79. The van der Waals surface area contributed by atoms with Gasteiger partial charge in [0.1, 0.15) is 30.6 Å². The maximum Gasteiger partial charge on any atom is 0.346 e. The first kappa shape index (κ1) is 19.9. The molecule has 0 saturated heterocycles. The van der Waals surface area contributed by atoms with Gasteiger partial charge in [-0.3, -0.25) is 0 Å². The van der Waals surface area contributed by atoms with E-state index in [0.717, 1.165) is 16.9 Å². The molecule has 0 aliphatic rings. The van der Waals surface area contributed by atoms with Crippen molar-refractivity contribution < 1.29 is 24.1 Å². The zero-order chi connectivity index (χ0) is 19.8. The molecule has 0 spiro atoms. The Morgan fingerprint density at radius 3 is 2.41 bits per heavy atom. The summed E-state index contributed by atoms with van der Waals surface area (Å²) in [4.78, 5) is 10.9. The molecular weight excluding hydrogens is 346 g/mol. The van der Waals surface area contributed by atoms with Crippen molar-refractivity contribution in [1.82, 2.24) is 0 Å². The number of nitriles is 1. The summed E-state index contributed by atoms with van der Waals surface area (Å²) in [5, 5.41) is 17.8. The number of aryl methyl sites for hydroxylation is 2. The number of ether oxygens (including phenoxy) is 3. The van der Waals surface area contributed by atoms with Gasteiger partial charge in [-0.15, -0.1) is 0 Å². The number of hydrogen-bond acceptors (Lipinski definition) is 5. The Morgan fingerprint density at radius 2 is 1.78 bits per heavy atom. The van der Waals surface area contributed by atoms with Crippen LogP contribution in [0.1, 0.15) is 16.7 Å². The van der Waals surface area contributed by atoms with E-state index >= 15 is 0 Å². The summed E-state index contributed by atoms with van der Waals surface area (Å²) in [7, 11) is 1.49. The second-order valence-corrected chi connectivity index (χ2v) is 5.85. The Hall–Kier alpha value is -3.46. The van der Waals surface area contributed by atoms with E-state index in [2.05, 4.69) is 0 Å². The molecule has 0 bridgehead atoms. The molecule has 27 heavy (non-hydrogen) atoms. The molecule has 0 aromatic heterocycles. The Bertz CT molecular complexity index is 896. The molecule has 0 unspecified atom stereocenters. The molecule has 2 aromatic carbocycles. The summed E-state index contributed by atoms with van der Waals surface area (Å²) in [5.74, 6) is 0.496. The van der Waals surface area contributed by atoms with E-state index < -0.39 is 5.97 Å². The second-order valence-electron chi connectivity index (χ2n) is 5.85. The Kier molecular flexibility index (Phi) is 6.84. The molecule has 0 fully saturated rings. The number of rotatable bonds is 8. The second kappa shape index (κ2) is 9.30. The van der Waals surface area contributed by atoms with Crippen molar-refractivity contribution in [3.8, 4) is 23.3 Å². The van der Waals surface area contributed by atoms with Gasteiger partial charge in [-0.25, -0.2) is 4.79 Å². The van der Waals surface area contributed by atoms with Gasteiger partial charge < -0.3 is 19.3 Å². The fourth-order valence-corrected chi connectivity index (χ4v) is 2.37. The lowest BCUT2D eigenvalue weighted by molar-refractivity contribution is -0.132. The molecular formula is C21H21NO5. The first-order chi connectivity index (χ1) is 12.9. The van der Waals surface area contributed by atoms with Crippen molar-refractivity contribution in [2.24, 2.45) is 0 Å². The highest BCUT2D eigenvalue weighted by Gasteiger charge is 2.09. The van der Waals surface area contributed by atoms with Gasteiger partial charge in [0.2, 0.25) is 0 Å². The number of carboxylic acids is 1. The van der Waals surface area contributed by atoms with Crippen molar-refractivity contribution in [1.29, 1.82) is 5.26 Å². The molecule has 1 N–H and O–H groups in total. The van der Waals surface area contributed by atoms with Crippen LogP contribution in [0.25, 0.3) is 6.08 Å². The molecule has 6 nitrogen and oxygen atoms in total. The molecule has 0 atom stereocenters. The van der Waals surface area contributed by atoms with Crippen molar-refractivity contribution in [3.05, 3.63) is 58.7 Å². The molecule has 0 aliphatic carbocycles.